The number of nitrogens with two attached hydrogens (primary N) is 1. The van der Waals surface area contributed by atoms with E-state index in [1.807, 2.05) is 24.3 Å². The molecule has 3 N–H and O–H groups in total. The third-order valence-corrected chi connectivity index (χ3v) is 4.37. The lowest BCUT2D eigenvalue weighted by atomic mass is 10.1. The SMILES string of the molecule is Cl.NCc1ccc(C(=O)Nc2ccc3nc(N4CCOCC4)oc3c2)cc1. The Bertz CT molecular complexity index is 920. The van der Waals surface area contributed by atoms with Crippen LogP contribution in [0, 0.1) is 0 Å². The van der Waals surface area contributed by atoms with Crippen LogP contribution in [0.4, 0.5) is 11.7 Å². The topological polar surface area (TPSA) is 93.6 Å². The summed E-state index contributed by atoms with van der Waals surface area (Å²) in [6, 6.07) is 13.3. The van der Waals surface area contributed by atoms with Gasteiger partial charge in [0.1, 0.15) is 5.52 Å². The molecule has 1 amide bonds. The number of halogens is 1. The molecular formula is C19H21ClN4O3. The lowest BCUT2D eigenvalue weighted by molar-refractivity contribution is 0.102. The van der Waals surface area contributed by atoms with Gasteiger partial charge in [-0.3, -0.25) is 4.79 Å². The van der Waals surface area contributed by atoms with Gasteiger partial charge in [0, 0.05) is 37.0 Å². The van der Waals surface area contributed by atoms with Gasteiger partial charge in [-0.25, -0.2) is 0 Å². The van der Waals surface area contributed by atoms with E-state index in [-0.39, 0.29) is 18.3 Å². The van der Waals surface area contributed by atoms with Crippen molar-refractivity contribution in [2.24, 2.45) is 5.73 Å². The average molecular weight is 389 g/mol. The summed E-state index contributed by atoms with van der Waals surface area (Å²) in [6.07, 6.45) is 0. The molecule has 2 aromatic carbocycles. The minimum atomic E-state index is -0.180. The third-order valence-electron chi connectivity index (χ3n) is 4.37. The van der Waals surface area contributed by atoms with Crippen molar-refractivity contribution >= 4 is 41.1 Å². The van der Waals surface area contributed by atoms with Crippen molar-refractivity contribution in [3.63, 3.8) is 0 Å². The van der Waals surface area contributed by atoms with Crippen LogP contribution < -0.4 is 16.0 Å². The van der Waals surface area contributed by atoms with E-state index in [2.05, 4.69) is 15.2 Å². The summed E-state index contributed by atoms with van der Waals surface area (Å²) in [4.78, 5) is 19.0. The first-order valence-electron chi connectivity index (χ1n) is 8.56. The molecule has 1 aliphatic heterocycles. The van der Waals surface area contributed by atoms with Crippen LogP contribution in [-0.4, -0.2) is 37.2 Å². The minimum Gasteiger partial charge on any atom is -0.423 e. The highest BCUT2D eigenvalue weighted by atomic mass is 35.5. The van der Waals surface area contributed by atoms with E-state index in [1.165, 1.54) is 0 Å². The number of hydrogen-bond acceptors (Lipinski definition) is 6. The third kappa shape index (κ3) is 4.21. The van der Waals surface area contributed by atoms with Gasteiger partial charge in [0.15, 0.2) is 5.58 Å². The fourth-order valence-electron chi connectivity index (χ4n) is 2.88. The zero-order valence-corrected chi connectivity index (χ0v) is 15.5. The van der Waals surface area contributed by atoms with Gasteiger partial charge in [0.25, 0.3) is 11.9 Å². The molecule has 3 aromatic rings. The summed E-state index contributed by atoms with van der Waals surface area (Å²) in [5.41, 5.74) is 9.21. The van der Waals surface area contributed by atoms with Crippen LogP contribution in [0.3, 0.4) is 0 Å². The van der Waals surface area contributed by atoms with Crippen molar-refractivity contribution in [1.82, 2.24) is 4.98 Å². The summed E-state index contributed by atoms with van der Waals surface area (Å²) >= 11 is 0. The lowest BCUT2D eigenvalue weighted by Gasteiger charge is -2.24. The van der Waals surface area contributed by atoms with Crippen molar-refractivity contribution in [3.05, 3.63) is 53.6 Å². The van der Waals surface area contributed by atoms with Crippen LogP contribution in [0.25, 0.3) is 11.1 Å². The van der Waals surface area contributed by atoms with E-state index < -0.39 is 0 Å². The summed E-state index contributed by atoms with van der Waals surface area (Å²) < 4.78 is 11.2. The summed E-state index contributed by atoms with van der Waals surface area (Å²) in [5, 5.41) is 2.89. The second-order valence-electron chi connectivity index (χ2n) is 6.13. The fraction of sp³-hybridized carbons (Fsp3) is 0.263. The van der Waals surface area contributed by atoms with Crippen LogP contribution in [0.5, 0.6) is 0 Å². The molecule has 8 heteroatoms. The number of rotatable bonds is 4. The molecule has 142 valence electrons. The molecule has 1 saturated heterocycles. The number of benzene rings is 2. The van der Waals surface area contributed by atoms with Crippen LogP contribution in [0.15, 0.2) is 46.9 Å². The van der Waals surface area contributed by atoms with Crippen LogP contribution in [0.1, 0.15) is 15.9 Å². The number of nitrogens with zero attached hydrogens (tertiary/aromatic N) is 2. The Kier molecular flexibility index (Phi) is 5.95. The first-order valence-corrected chi connectivity index (χ1v) is 8.56. The summed E-state index contributed by atoms with van der Waals surface area (Å²) in [6.45, 7) is 3.31. The number of aromatic nitrogens is 1. The van der Waals surface area contributed by atoms with Gasteiger partial charge >= 0.3 is 0 Å². The standard InChI is InChI=1S/C19H20N4O3.ClH/c20-12-13-1-3-14(4-2-13)18(24)21-15-5-6-16-17(11-15)26-19(22-16)23-7-9-25-10-8-23;/h1-6,11H,7-10,12,20H2,(H,21,24);1H. The Morgan fingerprint density at radius 1 is 1.15 bits per heavy atom. The molecule has 0 unspecified atom stereocenters. The number of oxazole rings is 1. The number of amides is 1. The van der Waals surface area contributed by atoms with Crippen molar-refractivity contribution in [2.45, 2.75) is 6.54 Å². The Morgan fingerprint density at radius 3 is 2.59 bits per heavy atom. The highest BCUT2D eigenvalue weighted by Crippen LogP contribution is 2.25. The largest absolute Gasteiger partial charge is 0.423 e. The van der Waals surface area contributed by atoms with E-state index in [4.69, 9.17) is 14.9 Å². The van der Waals surface area contributed by atoms with Gasteiger partial charge in [0.2, 0.25) is 0 Å². The Balaban J connectivity index is 0.00000210. The Labute approximate surface area is 162 Å². The maximum atomic E-state index is 12.4. The van der Waals surface area contributed by atoms with Crippen LogP contribution >= 0.6 is 12.4 Å². The molecule has 0 aliphatic carbocycles. The van der Waals surface area contributed by atoms with Gasteiger partial charge in [-0.2, -0.15) is 4.98 Å². The number of ether oxygens (including phenoxy) is 1. The van der Waals surface area contributed by atoms with Crippen molar-refractivity contribution in [3.8, 4) is 0 Å². The molecule has 2 heterocycles. The van der Waals surface area contributed by atoms with Gasteiger partial charge in [0.05, 0.1) is 13.2 Å². The lowest BCUT2D eigenvalue weighted by Crippen LogP contribution is -2.36. The molecule has 0 atom stereocenters. The van der Waals surface area contributed by atoms with E-state index in [9.17, 15) is 4.79 Å². The quantitative estimate of drug-likeness (QED) is 0.713. The maximum absolute atomic E-state index is 12.4. The number of morpholine rings is 1. The Morgan fingerprint density at radius 2 is 1.89 bits per heavy atom. The highest BCUT2D eigenvalue weighted by Gasteiger charge is 2.17. The first-order chi connectivity index (χ1) is 12.7. The van der Waals surface area contributed by atoms with E-state index >= 15 is 0 Å². The summed E-state index contributed by atoms with van der Waals surface area (Å²) in [7, 11) is 0. The second-order valence-corrected chi connectivity index (χ2v) is 6.13. The van der Waals surface area contributed by atoms with Gasteiger partial charge in [-0.15, -0.1) is 12.4 Å². The number of carbonyl (C=O) groups excluding carboxylic acids is 1. The molecule has 4 rings (SSSR count). The maximum Gasteiger partial charge on any atom is 0.298 e. The number of fused-ring (bicyclic) bond motifs is 1. The molecule has 0 radical (unpaired) electrons. The molecule has 1 aromatic heterocycles. The number of carbonyl (C=O) groups is 1. The summed E-state index contributed by atoms with van der Waals surface area (Å²) in [5.74, 6) is -0.180. The molecule has 1 aliphatic rings. The number of nitrogens with one attached hydrogen (secondary N) is 1. The molecule has 0 saturated carbocycles. The van der Waals surface area contributed by atoms with Crippen LogP contribution in [0.2, 0.25) is 0 Å². The van der Waals surface area contributed by atoms with Gasteiger partial charge in [-0.05, 0) is 29.8 Å². The number of anilines is 2. The zero-order chi connectivity index (χ0) is 17.9. The van der Waals surface area contributed by atoms with E-state index in [1.54, 1.807) is 18.2 Å². The molecule has 7 nitrogen and oxygen atoms in total. The predicted molar refractivity (Wildman–Crippen MR) is 107 cm³/mol. The van der Waals surface area contributed by atoms with Gasteiger partial charge < -0.3 is 25.1 Å². The molecule has 1 fully saturated rings. The highest BCUT2D eigenvalue weighted by molar-refractivity contribution is 6.04. The second kappa shape index (κ2) is 8.39. The molecule has 0 bridgehead atoms. The zero-order valence-electron chi connectivity index (χ0n) is 14.7. The Hall–Kier alpha value is -2.61. The van der Waals surface area contributed by atoms with Crippen molar-refractivity contribution < 1.29 is 13.9 Å². The molecule has 27 heavy (non-hydrogen) atoms. The first kappa shape index (κ1) is 19.2. The number of hydrogen-bond donors (Lipinski definition) is 2. The predicted octanol–water partition coefficient (Wildman–Crippen LogP) is 2.80. The smallest absolute Gasteiger partial charge is 0.298 e. The molecule has 0 spiro atoms. The molecular weight excluding hydrogens is 368 g/mol. The van der Waals surface area contributed by atoms with Crippen molar-refractivity contribution in [1.29, 1.82) is 0 Å². The van der Waals surface area contributed by atoms with Crippen molar-refractivity contribution in [2.75, 3.05) is 36.5 Å². The minimum absolute atomic E-state index is 0. The average Bonchev–Trinajstić information content (AvgIpc) is 3.12. The van der Waals surface area contributed by atoms with E-state index in [0.29, 0.717) is 42.6 Å². The normalized spacial score (nSPS) is 14.0. The van der Waals surface area contributed by atoms with Gasteiger partial charge in [-0.1, -0.05) is 12.1 Å². The monoisotopic (exact) mass is 388 g/mol. The fourth-order valence-corrected chi connectivity index (χ4v) is 2.88. The van der Waals surface area contributed by atoms with Crippen LogP contribution in [-0.2, 0) is 11.3 Å². The van der Waals surface area contributed by atoms with E-state index in [0.717, 1.165) is 24.2 Å².